The van der Waals surface area contributed by atoms with Crippen molar-refractivity contribution in [2.45, 2.75) is 4.90 Å². The molecule has 1 aromatic rings. The maximum absolute atomic E-state index is 10.3. The van der Waals surface area contributed by atoms with E-state index >= 15 is 0 Å². The van der Waals surface area contributed by atoms with Crippen LogP contribution >= 0.6 is 11.8 Å². The summed E-state index contributed by atoms with van der Waals surface area (Å²) >= 11 is 1.41. The molecule has 0 atom stereocenters. The highest BCUT2D eigenvalue weighted by molar-refractivity contribution is 7.99. The van der Waals surface area contributed by atoms with E-state index < -0.39 is 4.92 Å². The normalized spacial score (nSPS) is 9.92. The van der Waals surface area contributed by atoms with E-state index in [9.17, 15) is 10.1 Å². The van der Waals surface area contributed by atoms with Gasteiger partial charge in [0.25, 0.3) is 5.69 Å². The van der Waals surface area contributed by atoms with E-state index in [0.717, 1.165) is 4.90 Å². The number of nitrogens with zero attached hydrogens (tertiary/aromatic N) is 1. The average molecular weight is 198 g/mol. The van der Waals surface area contributed by atoms with Crippen molar-refractivity contribution in [3.8, 4) is 0 Å². The maximum Gasteiger partial charge on any atom is 0.270 e. The van der Waals surface area contributed by atoms with E-state index in [2.05, 4.69) is 6.07 Å². The van der Waals surface area contributed by atoms with E-state index in [1.165, 1.54) is 23.9 Å². The molecule has 69 valence electrons. The van der Waals surface area contributed by atoms with Crippen molar-refractivity contribution in [2.75, 3.05) is 12.4 Å². The molecule has 1 N–H and O–H groups in total. The topological polar surface area (TPSA) is 63.4 Å². The minimum Gasteiger partial charge on any atom is -0.396 e. The van der Waals surface area contributed by atoms with Crippen LogP contribution in [0.4, 0.5) is 5.69 Å². The number of nitro benzene ring substituents is 1. The van der Waals surface area contributed by atoms with Crippen LogP contribution in [-0.2, 0) is 0 Å². The lowest BCUT2D eigenvalue weighted by atomic mass is 10.3. The van der Waals surface area contributed by atoms with Crippen molar-refractivity contribution in [1.29, 1.82) is 0 Å². The lowest BCUT2D eigenvalue weighted by molar-refractivity contribution is -0.384. The second-order valence-corrected chi connectivity index (χ2v) is 3.38. The Balaban J connectivity index is 2.64. The lowest BCUT2D eigenvalue weighted by Gasteiger charge is -1.97. The van der Waals surface area contributed by atoms with Crippen LogP contribution in [0.1, 0.15) is 0 Å². The average Bonchev–Trinajstić information content (AvgIpc) is 2.15. The highest BCUT2D eigenvalue weighted by atomic mass is 32.2. The summed E-state index contributed by atoms with van der Waals surface area (Å²) in [4.78, 5) is 10.6. The molecule has 13 heavy (non-hydrogen) atoms. The second kappa shape index (κ2) is 4.84. The largest absolute Gasteiger partial charge is 0.396 e. The first kappa shape index (κ1) is 10.0. The van der Waals surface area contributed by atoms with Gasteiger partial charge in [-0.1, -0.05) is 0 Å². The number of aliphatic hydroxyl groups excluding tert-OH is 1. The molecule has 1 radical (unpaired) electrons. The molecule has 0 aliphatic rings. The fraction of sp³-hybridized carbons (Fsp3) is 0.250. The summed E-state index contributed by atoms with van der Waals surface area (Å²) in [6.07, 6.45) is 0. The molecule has 1 rings (SSSR count). The highest BCUT2D eigenvalue weighted by Gasteiger charge is 2.03. The minimum absolute atomic E-state index is 0.0355. The van der Waals surface area contributed by atoms with Gasteiger partial charge < -0.3 is 5.11 Å². The molecule has 0 saturated carbocycles. The Morgan fingerprint density at radius 1 is 1.62 bits per heavy atom. The predicted molar refractivity (Wildman–Crippen MR) is 49.7 cm³/mol. The summed E-state index contributed by atoms with van der Waals surface area (Å²) < 4.78 is 0. The van der Waals surface area contributed by atoms with Crippen LogP contribution in [0.2, 0.25) is 0 Å². The van der Waals surface area contributed by atoms with Gasteiger partial charge in [0, 0.05) is 28.8 Å². The summed E-state index contributed by atoms with van der Waals surface area (Å²) in [5.41, 5.74) is 0.0355. The Labute approximate surface area is 79.7 Å². The number of hydrogen-bond donors (Lipinski definition) is 1. The molecule has 1 aromatic carbocycles. The molecule has 0 aliphatic heterocycles. The van der Waals surface area contributed by atoms with Crippen LogP contribution in [-0.4, -0.2) is 22.4 Å². The molecule has 5 heteroatoms. The zero-order valence-electron chi connectivity index (χ0n) is 6.77. The summed E-state index contributed by atoms with van der Waals surface area (Å²) in [5, 5.41) is 18.8. The molecule has 0 bridgehead atoms. The minimum atomic E-state index is -0.461. The smallest absolute Gasteiger partial charge is 0.270 e. The zero-order valence-corrected chi connectivity index (χ0v) is 7.58. The third-order valence-corrected chi connectivity index (χ3v) is 2.28. The first-order valence-electron chi connectivity index (χ1n) is 3.64. The van der Waals surface area contributed by atoms with Crippen LogP contribution in [0.3, 0.4) is 0 Å². The fourth-order valence-electron chi connectivity index (χ4n) is 0.761. The van der Waals surface area contributed by atoms with Crippen LogP contribution in [0.15, 0.2) is 23.1 Å². The van der Waals surface area contributed by atoms with E-state index in [0.29, 0.717) is 5.75 Å². The molecular weight excluding hydrogens is 190 g/mol. The quantitative estimate of drug-likeness (QED) is 0.452. The van der Waals surface area contributed by atoms with Crippen molar-refractivity contribution in [3.63, 3.8) is 0 Å². The Bertz CT molecular complexity index is 286. The molecule has 0 spiro atoms. The summed E-state index contributed by atoms with van der Waals surface area (Å²) in [6, 6.07) is 7.15. The molecule has 0 unspecified atom stereocenters. The third kappa shape index (κ3) is 3.04. The van der Waals surface area contributed by atoms with Gasteiger partial charge in [0.05, 0.1) is 11.5 Å². The van der Waals surface area contributed by atoms with Gasteiger partial charge in [0.15, 0.2) is 0 Å². The maximum atomic E-state index is 10.3. The molecule has 0 aromatic heterocycles. The van der Waals surface area contributed by atoms with Crippen LogP contribution in [0.5, 0.6) is 0 Å². The monoisotopic (exact) mass is 198 g/mol. The fourth-order valence-corrected chi connectivity index (χ4v) is 1.38. The first-order chi connectivity index (χ1) is 6.24. The molecule has 0 aliphatic carbocycles. The van der Waals surface area contributed by atoms with E-state index in [1.807, 2.05) is 0 Å². The van der Waals surface area contributed by atoms with Gasteiger partial charge in [0.2, 0.25) is 0 Å². The Morgan fingerprint density at radius 3 is 2.85 bits per heavy atom. The molecule has 0 fully saturated rings. The van der Waals surface area contributed by atoms with Crippen molar-refractivity contribution in [3.05, 3.63) is 34.4 Å². The van der Waals surface area contributed by atoms with E-state index in [4.69, 9.17) is 5.11 Å². The number of thioether (sulfide) groups is 1. The molecule has 0 saturated heterocycles. The van der Waals surface area contributed by atoms with Crippen molar-refractivity contribution in [1.82, 2.24) is 0 Å². The predicted octanol–water partition coefficient (Wildman–Crippen LogP) is 1.48. The first-order valence-corrected chi connectivity index (χ1v) is 4.62. The number of non-ortho nitro benzene ring substituents is 1. The van der Waals surface area contributed by atoms with E-state index in [1.54, 1.807) is 6.07 Å². The van der Waals surface area contributed by atoms with Crippen LogP contribution in [0, 0.1) is 16.2 Å². The SMILES string of the molecule is O=[N+]([O-])c1c[c]c(SCCO)cc1. The van der Waals surface area contributed by atoms with Crippen LogP contribution < -0.4 is 0 Å². The van der Waals surface area contributed by atoms with Gasteiger partial charge in [-0.2, -0.15) is 0 Å². The molecule has 0 heterocycles. The number of benzene rings is 1. The second-order valence-electron chi connectivity index (χ2n) is 2.24. The summed E-state index contributed by atoms with van der Waals surface area (Å²) in [7, 11) is 0. The molecular formula is C8H8NO3S. The standard InChI is InChI=1S/C8H8NO3S/c10-5-6-13-8-3-1-7(2-4-8)9(11)12/h1-3,10H,5-6H2. The van der Waals surface area contributed by atoms with Gasteiger partial charge in [-0.15, -0.1) is 11.8 Å². The van der Waals surface area contributed by atoms with Gasteiger partial charge in [0.1, 0.15) is 0 Å². The Morgan fingerprint density at radius 2 is 2.38 bits per heavy atom. The van der Waals surface area contributed by atoms with E-state index in [-0.39, 0.29) is 12.3 Å². The Kier molecular flexibility index (Phi) is 3.72. The number of nitro groups is 1. The lowest BCUT2D eigenvalue weighted by Crippen LogP contribution is -1.88. The van der Waals surface area contributed by atoms with Crippen molar-refractivity contribution in [2.24, 2.45) is 0 Å². The molecule has 0 amide bonds. The van der Waals surface area contributed by atoms with Gasteiger partial charge in [-0.3, -0.25) is 10.1 Å². The zero-order chi connectivity index (χ0) is 9.68. The number of rotatable bonds is 4. The van der Waals surface area contributed by atoms with Gasteiger partial charge in [-0.25, -0.2) is 0 Å². The summed E-state index contributed by atoms with van der Waals surface area (Å²) in [5.74, 6) is 0.578. The highest BCUT2D eigenvalue weighted by Crippen LogP contribution is 2.19. The van der Waals surface area contributed by atoms with Gasteiger partial charge in [-0.05, 0) is 6.07 Å². The Hall–Kier alpha value is -1.07. The number of hydrogen-bond acceptors (Lipinski definition) is 4. The third-order valence-electron chi connectivity index (χ3n) is 1.33. The van der Waals surface area contributed by atoms with Crippen LogP contribution in [0.25, 0.3) is 0 Å². The summed E-state index contributed by atoms with van der Waals surface area (Å²) in [6.45, 7) is 0.0928. The number of aliphatic hydroxyl groups is 1. The molecule has 4 nitrogen and oxygen atoms in total. The van der Waals surface area contributed by atoms with Gasteiger partial charge >= 0.3 is 0 Å². The van der Waals surface area contributed by atoms with Crippen molar-refractivity contribution >= 4 is 17.4 Å². The van der Waals surface area contributed by atoms with Crippen molar-refractivity contribution < 1.29 is 10.0 Å².